The second kappa shape index (κ2) is 2.65. The van der Waals surface area contributed by atoms with Gasteiger partial charge in [-0.1, -0.05) is 0 Å². The van der Waals surface area contributed by atoms with E-state index in [4.69, 9.17) is 16.9 Å². The Morgan fingerprint density at radius 2 is 2.27 bits per heavy atom. The van der Waals surface area contributed by atoms with Crippen molar-refractivity contribution in [2.45, 2.75) is 6.42 Å². The Morgan fingerprint density at radius 3 is 2.45 bits per heavy atom. The molecule has 1 fully saturated rings. The van der Waals surface area contributed by atoms with Gasteiger partial charge in [0.2, 0.25) is 0 Å². The van der Waals surface area contributed by atoms with Crippen LogP contribution in [0.4, 0.5) is 0 Å². The van der Waals surface area contributed by atoms with Crippen LogP contribution in [0.1, 0.15) is 6.42 Å². The highest BCUT2D eigenvalue weighted by Crippen LogP contribution is 2.32. The Balaban J connectivity index is 2.90. The average molecular weight is 194 g/mol. The lowest BCUT2D eigenvalue weighted by Gasteiger charge is -2.12. The van der Waals surface area contributed by atoms with Crippen molar-refractivity contribution in [3.05, 3.63) is 0 Å². The van der Waals surface area contributed by atoms with Gasteiger partial charge in [0.1, 0.15) is 0 Å². The molecule has 0 aliphatic carbocycles. The summed E-state index contributed by atoms with van der Waals surface area (Å²) in [5, 5.41) is 8.65. The van der Waals surface area contributed by atoms with Crippen LogP contribution in [-0.4, -0.2) is 25.8 Å². The van der Waals surface area contributed by atoms with Gasteiger partial charge in [-0.05, 0) is 6.42 Å². The first-order valence-electron chi connectivity index (χ1n) is 3.21. The van der Waals surface area contributed by atoms with E-state index in [0.717, 1.165) is 0 Å². The summed E-state index contributed by atoms with van der Waals surface area (Å²) in [5.74, 6) is 0.149. The van der Waals surface area contributed by atoms with Crippen LogP contribution in [0.3, 0.4) is 0 Å². The molecular weight excluding hydrogens is 186 g/mol. The molecule has 1 aliphatic rings. The zero-order valence-electron chi connectivity index (χ0n) is 5.88. The molecule has 1 rings (SSSR count). The van der Waals surface area contributed by atoms with E-state index in [1.165, 1.54) is 0 Å². The Morgan fingerprint density at radius 1 is 1.64 bits per heavy atom. The number of sulfone groups is 1. The van der Waals surface area contributed by atoms with Gasteiger partial charge in [-0.3, -0.25) is 0 Å². The van der Waals surface area contributed by atoms with Crippen LogP contribution in [0.15, 0.2) is 0 Å². The Labute approximate surface area is 70.9 Å². The molecule has 0 aromatic carbocycles. The van der Waals surface area contributed by atoms with E-state index in [2.05, 4.69) is 0 Å². The third-order valence-electron chi connectivity index (χ3n) is 1.88. The third-order valence-corrected chi connectivity index (χ3v) is 4.21. The topological polar surface area (TPSA) is 57.9 Å². The first-order chi connectivity index (χ1) is 5.04. The van der Waals surface area contributed by atoms with Gasteiger partial charge in [-0.2, -0.15) is 5.26 Å². The van der Waals surface area contributed by atoms with Crippen LogP contribution in [-0.2, 0) is 9.84 Å². The van der Waals surface area contributed by atoms with E-state index in [-0.39, 0.29) is 17.4 Å². The molecule has 0 N–H and O–H groups in total. The third kappa shape index (κ3) is 1.66. The number of alkyl halides is 1. The zero-order valence-corrected chi connectivity index (χ0v) is 7.45. The lowest BCUT2D eigenvalue weighted by molar-refractivity contribution is 0.516. The molecule has 3 nitrogen and oxygen atoms in total. The van der Waals surface area contributed by atoms with Crippen LogP contribution in [0.2, 0.25) is 0 Å². The van der Waals surface area contributed by atoms with E-state index < -0.39 is 15.3 Å². The van der Waals surface area contributed by atoms with Crippen molar-refractivity contribution < 1.29 is 8.42 Å². The summed E-state index contributed by atoms with van der Waals surface area (Å²) >= 11 is 5.51. The van der Waals surface area contributed by atoms with Gasteiger partial charge < -0.3 is 0 Å². The van der Waals surface area contributed by atoms with Crippen LogP contribution < -0.4 is 0 Å². The van der Waals surface area contributed by atoms with Gasteiger partial charge in [0.05, 0.1) is 23.0 Å². The second-order valence-electron chi connectivity index (χ2n) is 2.87. The molecule has 0 radical (unpaired) electrons. The number of nitriles is 1. The number of halogens is 1. The molecule has 1 atom stereocenters. The predicted molar refractivity (Wildman–Crippen MR) is 42.0 cm³/mol. The maximum absolute atomic E-state index is 11.0. The number of hydrogen-bond acceptors (Lipinski definition) is 3. The van der Waals surface area contributed by atoms with Crippen molar-refractivity contribution in [3.8, 4) is 6.07 Å². The maximum atomic E-state index is 11.0. The summed E-state index contributed by atoms with van der Waals surface area (Å²) in [5.41, 5.74) is -0.805. The quantitative estimate of drug-likeness (QED) is 0.572. The second-order valence-corrected chi connectivity index (χ2v) is 5.32. The fraction of sp³-hybridized carbons (Fsp3) is 0.833. The standard InChI is InChI=1S/C6H8ClNO2S/c7-3-6(4-8)1-2-11(9,10)5-6/h1-3,5H2. The molecule has 11 heavy (non-hydrogen) atoms. The molecule has 1 heterocycles. The fourth-order valence-corrected chi connectivity index (χ4v) is 3.54. The van der Waals surface area contributed by atoms with Crippen LogP contribution in [0.5, 0.6) is 0 Å². The van der Waals surface area contributed by atoms with Gasteiger partial charge >= 0.3 is 0 Å². The minimum absolute atomic E-state index is 0.0694. The molecule has 0 aromatic heterocycles. The fourth-order valence-electron chi connectivity index (χ4n) is 1.14. The summed E-state index contributed by atoms with van der Waals surface area (Å²) in [4.78, 5) is 0. The summed E-state index contributed by atoms with van der Waals surface area (Å²) in [6.45, 7) is 0. The van der Waals surface area contributed by atoms with Gasteiger partial charge in [0.25, 0.3) is 0 Å². The number of nitrogens with zero attached hydrogens (tertiary/aromatic N) is 1. The highest BCUT2D eigenvalue weighted by atomic mass is 35.5. The van der Waals surface area contributed by atoms with Crippen LogP contribution in [0, 0.1) is 16.7 Å². The van der Waals surface area contributed by atoms with Crippen molar-refractivity contribution in [2.24, 2.45) is 5.41 Å². The molecule has 5 heteroatoms. The average Bonchev–Trinajstić information content (AvgIpc) is 2.28. The predicted octanol–water partition coefficient (Wildman–Crippen LogP) is 0.554. The molecule has 1 saturated heterocycles. The van der Waals surface area contributed by atoms with Crippen molar-refractivity contribution in [2.75, 3.05) is 17.4 Å². The van der Waals surface area contributed by atoms with E-state index in [1.807, 2.05) is 6.07 Å². The number of rotatable bonds is 1. The van der Waals surface area contributed by atoms with Crippen molar-refractivity contribution >= 4 is 21.4 Å². The molecule has 0 spiro atoms. The molecule has 0 saturated carbocycles. The monoisotopic (exact) mass is 193 g/mol. The molecule has 0 amide bonds. The normalized spacial score (nSPS) is 34.9. The van der Waals surface area contributed by atoms with E-state index in [9.17, 15) is 8.42 Å². The van der Waals surface area contributed by atoms with Crippen LogP contribution in [0.25, 0.3) is 0 Å². The lowest BCUT2D eigenvalue weighted by atomic mass is 9.92. The largest absolute Gasteiger partial charge is 0.229 e. The van der Waals surface area contributed by atoms with E-state index in [1.54, 1.807) is 0 Å². The molecule has 1 unspecified atom stereocenters. The Hall–Kier alpha value is -0.270. The Kier molecular flexibility index (Phi) is 2.13. The van der Waals surface area contributed by atoms with E-state index >= 15 is 0 Å². The SMILES string of the molecule is N#CC1(CCl)CCS(=O)(=O)C1. The maximum Gasteiger partial charge on any atom is 0.151 e. The molecule has 0 bridgehead atoms. The van der Waals surface area contributed by atoms with Crippen molar-refractivity contribution in [1.29, 1.82) is 5.26 Å². The minimum Gasteiger partial charge on any atom is -0.229 e. The molecular formula is C6H8ClNO2S. The summed E-state index contributed by atoms with van der Waals surface area (Å²) < 4.78 is 21.9. The minimum atomic E-state index is -2.99. The zero-order chi connectivity index (χ0) is 8.54. The highest BCUT2D eigenvalue weighted by Gasteiger charge is 2.41. The van der Waals surface area contributed by atoms with Gasteiger partial charge in [-0.25, -0.2) is 8.42 Å². The van der Waals surface area contributed by atoms with Crippen LogP contribution >= 0.6 is 11.6 Å². The first kappa shape index (κ1) is 8.82. The highest BCUT2D eigenvalue weighted by molar-refractivity contribution is 7.91. The lowest BCUT2D eigenvalue weighted by Crippen LogP contribution is -2.21. The summed E-state index contributed by atoms with van der Waals surface area (Å²) in [6.07, 6.45) is 0.384. The smallest absolute Gasteiger partial charge is 0.151 e. The summed E-state index contributed by atoms with van der Waals surface area (Å²) in [7, 11) is -2.99. The van der Waals surface area contributed by atoms with Gasteiger partial charge in [-0.15, -0.1) is 11.6 Å². The van der Waals surface area contributed by atoms with Gasteiger partial charge in [0, 0.05) is 5.88 Å². The molecule has 62 valence electrons. The molecule has 0 aromatic rings. The Bertz CT molecular complexity index is 292. The van der Waals surface area contributed by atoms with Gasteiger partial charge in [0.15, 0.2) is 9.84 Å². The van der Waals surface area contributed by atoms with Crippen molar-refractivity contribution in [3.63, 3.8) is 0 Å². The first-order valence-corrected chi connectivity index (χ1v) is 5.57. The summed E-state index contributed by atoms with van der Waals surface area (Å²) in [6, 6.07) is 1.97. The van der Waals surface area contributed by atoms with Crippen molar-refractivity contribution in [1.82, 2.24) is 0 Å². The molecule has 1 aliphatic heterocycles. The number of hydrogen-bond donors (Lipinski definition) is 0. The van der Waals surface area contributed by atoms with E-state index in [0.29, 0.717) is 6.42 Å².